The molecule has 300 valence electrons. The SMILES string of the molecule is CCC1(COC(=O)OCC2(CC)COC2)COC1.CCC1(COCCC[Si](C)(C)O[Si](C)(C)O[Si](C)(C)CCCOCC2(CC)COC2)COC1. The Hall–Kier alpha value is -0.399. The van der Waals surface area contributed by atoms with Crippen molar-refractivity contribution in [3.05, 3.63) is 0 Å². The molecule has 0 unspecified atom stereocenters. The van der Waals surface area contributed by atoms with Gasteiger partial charge in [0.15, 0.2) is 16.6 Å². The van der Waals surface area contributed by atoms with Crippen LogP contribution in [0.4, 0.5) is 4.79 Å². The molecular weight excluding hydrogens is 705 g/mol. The second-order valence-electron chi connectivity index (χ2n) is 17.6. The van der Waals surface area contributed by atoms with Crippen LogP contribution in [0.25, 0.3) is 0 Å². The third kappa shape index (κ3) is 14.6. The van der Waals surface area contributed by atoms with Gasteiger partial charge in [0.1, 0.15) is 13.2 Å². The Kier molecular flexibility index (Phi) is 17.6. The van der Waals surface area contributed by atoms with Crippen molar-refractivity contribution in [3.63, 3.8) is 0 Å². The van der Waals surface area contributed by atoms with Gasteiger partial charge in [-0.1, -0.05) is 27.7 Å². The largest absolute Gasteiger partial charge is 0.508 e. The van der Waals surface area contributed by atoms with Gasteiger partial charge in [-0.15, -0.1) is 0 Å². The second kappa shape index (κ2) is 20.0. The summed E-state index contributed by atoms with van der Waals surface area (Å²) in [5.74, 6) is 0. The predicted octanol–water partition coefficient (Wildman–Crippen LogP) is 7.79. The Balaban J connectivity index is 0.000000327. The van der Waals surface area contributed by atoms with E-state index < -0.39 is 31.4 Å². The highest BCUT2D eigenvalue weighted by Crippen LogP contribution is 2.35. The molecular formula is C37H74O11Si3. The van der Waals surface area contributed by atoms with Crippen molar-refractivity contribution in [3.8, 4) is 0 Å². The molecule has 0 spiro atoms. The Morgan fingerprint density at radius 2 is 0.804 bits per heavy atom. The first-order valence-electron chi connectivity index (χ1n) is 19.7. The van der Waals surface area contributed by atoms with Crippen LogP contribution in [-0.4, -0.2) is 124 Å². The van der Waals surface area contributed by atoms with Crippen LogP contribution >= 0.6 is 0 Å². The predicted molar refractivity (Wildman–Crippen MR) is 207 cm³/mol. The Bertz CT molecular complexity index is 927. The number of rotatable bonds is 24. The summed E-state index contributed by atoms with van der Waals surface area (Å²) in [6.45, 7) is 32.5. The fourth-order valence-corrected chi connectivity index (χ4v) is 20.8. The standard InChI is InChI=1S/C24H52O6Si3.C13H22O5/c1-9-23(19-27-20-23)17-25-13-11-15-31(3,4)29-33(7,8)30-32(5,6)16-12-14-26-18-24(10-2)21-28-22-24;1-3-12(5-15-6-12)9-17-11(14)18-10-13(4-2)7-16-8-13/h9-22H2,1-8H3;3-10H2,1-2H3. The quantitative estimate of drug-likeness (QED) is 0.0544. The van der Waals surface area contributed by atoms with E-state index in [2.05, 4.69) is 67.0 Å². The molecule has 4 fully saturated rings. The molecule has 0 aromatic rings. The number of hydrogen-bond donors (Lipinski definition) is 0. The molecule has 0 bridgehead atoms. The fourth-order valence-electron chi connectivity index (χ4n) is 6.82. The minimum absolute atomic E-state index is 0.0149. The molecule has 51 heavy (non-hydrogen) atoms. The van der Waals surface area contributed by atoms with E-state index in [-0.39, 0.29) is 21.7 Å². The Morgan fingerprint density at radius 1 is 0.510 bits per heavy atom. The maximum atomic E-state index is 11.5. The zero-order chi connectivity index (χ0) is 37.7. The number of hydrogen-bond acceptors (Lipinski definition) is 11. The van der Waals surface area contributed by atoms with Crippen LogP contribution in [0, 0.1) is 21.7 Å². The van der Waals surface area contributed by atoms with Gasteiger partial charge in [-0.25, -0.2) is 4.79 Å². The van der Waals surface area contributed by atoms with E-state index in [9.17, 15) is 4.79 Å². The van der Waals surface area contributed by atoms with E-state index in [0.717, 1.165) is 103 Å². The van der Waals surface area contributed by atoms with Crippen LogP contribution in [0.15, 0.2) is 0 Å². The lowest BCUT2D eigenvalue weighted by Gasteiger charge is -2.41. The lowest BCUT2D eigenvalue weighted by atomic mass is 9.84. The van der Waals surface area contributed by atoms with Crippen molar-refractivity contribution in [2.75, 3.05) is 92.5 Å². The summed E-state index contributed by atoms with van der Waals surface area (Å²) in [6, 6.07) is 2.22. The van der Waals surface area contributed by atoms with Gasteiger partial charge in [0, 0.05) is 24.0 Å². The van der Waals surface area contributed by atoms with Gasteiger partial charge in [0.25, 0.3) is 0 Å². The molecule has 4 aliphatic heterocycles. The third-order valence-electron chi connectivity index (χ3n) is 11.3. The molecule has 4 aliphatic rings. The normalized spacial score (nSPS) is 21.5. The summed E-state index contributed by atoms with van der Waals surface area (Å²) < 4.78 is 56.9. The van der Waals surface area contributed by atoms with Gasteiger partial charge in [-0.2, -0.15) is 0 Å². The molecule has 0 aromatic carbocycles. The van der Waals surface area contributed by atoms with Crippen LogP contribution in [0.2, 0.25) is 51.4 Å². The summed E-state index contributed by atoms with van der Waals surface area (Å²) in [7, 11) is -5.74. The van der Waals surface area contributed by atoms with Crippen molar-refractivity contribution in [2.24, 2.45) is 21.7 Å². The minimum atomic E-state index is -2.17. The van der Waals surface area contributed by atoms with Gasteiger partial charge in [0.2, 0.25) is 0 Å². The maximum absolute atomic E-state index is 11.5. The Labute approximate surface area is 313 Å². The molecule has 4 saturated heterocycles. The van der Waals surface area contributed by atoms with E-state index in [1.165, 1.54) is 0 Å². The molecule has 0 saturated carbocycles. The Morgan fingerprint density at radius 3 is 1.06 bits per heavy atom. The first-order chi connectivity index (χ1) is 24.0. The van der Waals surface area contributed by atoms with Crippen LogP contribution in [-0.2, 0) is 46.1 Å². The van der Waals surface area contributed by atoms with Gasteiger partial charge in [-0.3, -0.25) is 0 Å². The van der Waals surface area contributed by atoms with E-state index in [1.54, 1.807) is 0 Å². The third-order valence-corrected chi connectivity index (χ3v) is 22.7. The summed E-state index contributed by atoms with van der Waals surface area (Å²) in [5, 5.41) is 0. The van der Waals surface area contributed by atoms with Gasteiger partial charge in [-0.05, 0) is 89.9 Å². The summed E-state index contributed by atoms with van der Waals surface area (Å²) in [5.41, 5.74) is 0.578. The monoisotopic (exact) mass is 778 g/mol. The highest BCUT2D eigenvalue weighted by atomic mass is 28.5. The zero-order valence-electron chi connectivity index (χ0n) is 34.0. The summed E-state index contributed by atoms with van der Waals surface area (Å²) in [4.78, 5) is 11.5. The van der Waals surface area contributed by atoms with Gasteiger partial charge in [0.05, 0.1) is 76.9 Å². The first-order valence-corrected chi connectivity index (χ1v) is 28.7. The van der Waals surface area contributed by atoms with E-state index >= 15 is 0 Å². The van der Waals surface area contributed by atoms with E-state index in [0.29, 0.717) is 39.6 Å². The second-order valence-corrected chi connectivity index (χ2v) is 30.1. The van der Waals surface area contributed by atoms with E-state index in [4.69, 9.17) is 46.1 Å². The highest BCUT2D eigenvalue weighted by Gasteiger charge is 2.42. The van der Waals surface area contributed by atoms with Crippen LogP contribution in [0.1, 0.15) is 66.2 Å². The maximum Gasteiger partial charge on any atom is 0.508 e. The van der Waals surface area contributed by atoms with Gasteiger partial charge >= 0.3 is 14.7 Å². The van der Waals surface area contributed by atoms with E-state index in [1.807, 2.05) is 0 Å². The molecule has 0 aromatic heterocycles. The molecule has 0 aliphatic carbocycles. The molecule has 4 heterocycles. The average Bonchev–Trinajstić information content (AvgIpc) is 2.97. The number of ether oxygens (including phenoxy) is 8. The fraction of sp³-hybridized carbons (Fsp3) is 0.973. The number of carbonyl (C=O) groups excluding carboxylic acids is 1. The molecule has 0 atom stereocenters. The summed E-state index contributed by atoms with van der Waals surface area (Å²) >= 11 is 0. The lowest BCUT2D eigenvalue weighted by molar-refractivity contribution is -0.157. The van der Waals surface area contributed by atoms with Crippen molar-refractivity contribution in [1.82, 2.24) is 0 Å². The van der Waals surface area contributed by atoms with Crippen LogP contribution in [0.3, 0.4) is 0 Å². The topological polar surface area (TPSA) is 109 Å². The summed E-state index contributed by atoms with van der Waals surface area (Å²) in [6.07, 6.45) is 5.72. The van der Waals surface area contributed by atoms with Crippen molar-refractivity contribution in [1.29, 1.82) is 0 Å². The molecule has 0 N–H and O–H groups in total. The number of carbonyl (C=O) groups is 1. The van der Waals surface area contributed by atoms with Crippen LogP contribution < -0.4 is 0 Å². The smallest absolute Gasteiger partial charge is 0.437 e. The van der Waals surface area contributed by atoms with Crippen molar-refractivity contribution >= 4 is 31.4 Å². The van der Waals surface area contributed by atoms with Crippen molar-refractivity contribution < 1.29 is 50.9 Å². The molecule has 4 rings (SSSR count). The van der Waals surface area contributed by atoms with Gasteiger partial charge < -0.3 is 46.1 Å². The molecule has 14 heteroatoms. The first kappa shape index (κ1) is 45.0. The average molecular weight is 779 g/mol. The van der Waals surface area contributed by atoms with Crippen molar-refractivity contribution in [2.45, 2.75) is 118 Å². The molecule has 11 nitrogen and oxygen atoms in total. The lowest BCUT2D eigenvalue weighted by Crippen LogP contribution is -2.52. The van der Waals surface area contributed by atoms with Crippen LogP contribution in [0.5, 0.6) is 0 Å². The zero-order valence-corrected chi connectivity index (χ0v) is 37.0. The highest BCUT2D eigenvalue weighted by molar-refractivity contribution is 6.87. The minimum Gasteiger partial charge on any atom is -0.437 e. The molecule has 0 radical (unpaired) electrons. The molecule has 0 amide bonds.